The maximum atomic E-state index is 14.2. The second-order valence-electron chi connectivity index (χ2n) is 35.9. The van der Waals surface area contributed by atoms with Crippen molar-refractivity contribution in [2.75, 3.05) is 132 Å². The molecule has 0 aromatic carbocycles. The molecule has 0 spiro atoms. The number of hydrogen-bond acceptors (Lipinski definition) is 33. The van der Waals surface area contributed by atoms with Gasteiger partial charge in [0.05, 0.1) is 123 Å². The average Bonchev–Trinajstić information content (AvgIpc) is 1.27. The first-order chi connectivity index (χ1) is 62.0. The van der Waals surface area contributed by atoms with E-state index in [-0.39, 0.29) is 149 Å². The zero-order valence-electron chi connectivity index (χ0n) is 78.1. The number of ketones is 3. The van der Waals surface area contributed by atoms with Gasteiger partial charge in [-0.2, -0.15) is 0 Å². The molecule has 37 heteroatoms. The van der Waals surface area contributed by atoms with E-state index in [0.717, 1.165) is 77.0 Å². The Kier molecular flexibility index (Phi) is 62.9. The van der Waals surface area contributed by atoms with Gasteiger partial charge in [-0.15, -0.1) is 0 Å². The fourth-order valence-electron chi connectivity index (χ4n) is 16.3. The molecule has 750 valence electrons. The van der Waals surface area contributed by atoms with Crippen molar-refractivity contribution in [2.24, 2.45) is 23.2 Å². The van der Waals surface area contributed by atoms with E-state index in [2.05, 4.69) is 29.8 Å². The Labute approximate surface area is 773 Å². The maximum absolute atomic E-state index is 14.2. The lowest BCUT2D eigenvalue weighted by atomic mass is 9.71. The first kappa shape index (κ1) is 117. The molecule has 0 radical (unpaired) electrons. The monoisotopic (exact) mass is 1890 g/mol. The molecule has 0 saturated carbocycles. The van der Waals surface area contributed by atoms with Crippen LogP contribution in [0, 0.1) is 23.2 Å². The molecule has 4 rings (SSSR count). The molecule has 13 N–H and O–H groups in total. The SMILES string of the molecule is COC[C@H]1C[C@H](O)CN1C(=O)CCCCC(=O)CCC(C)(C)SSCCOCCOCCC(=O)CC(CCCOC(=O)CCCCCCCNC(=O)CCCOC1OC(CO)C(O)C(O)C1C)(CCCOC(=O)CCCCCCCNC(=O)CCCOC1OC(CO)C(O)C(O)C1C)CCCOC(=O)NCCCCCCCC(=O)CCCOC1OC(CO)C(O)C(O)C1C. The molecule has 4 aliphatic rings. The number of amides is 4. The predicted molar refractivity (Wildman–Crippen MR) is 483 cm³/mol. The van der Waals surface area contributed by atoms with Crippen molar-refractivity contribution in [1.82, 2.24) is 20.9 Å². The van der Waals surface area contributed by atoms with Crippen molar-refractivity contribution in [3.8, 4) is 0 Å². The molecule has 4 amide bonds. The number of ether oxygens (including phenoxy) is 12. The number of nitrogens with one attached hydrogen (secondary N) is 3. The van der Waals surface area contributed by atoms with Crippen LogP contribution in [0.3, 0.4) is 0 Å². The van der Waals surface area contributed by atoms with E-state index in [9.17, 15) is 94.2 Å². The number of carbonyl (C=O) groups is 9. The molecule has 4 heterocycles. The van der Waals surface area contributed by atoms with Crippen LogP contribution in [0.2, 0.25) is 0 Å². The molecule has 17 atom stereocenters. The molecule has 129 heavy (non-hydrogen) atoms. The highest BCUT2D eigenvalue weighted by molar-refractivity contribution is 8.77. The van der Waals surface area contributed by atoms with Gasteiger partial charge in [0.25, 0.3) is 0 Å². The fraction of sp³-hybridized carbons (Fsp3) is 0.902. The van der Waals surface area contributed by atoms with Gasteiger partial charge >= 0.3 is 18.0 Å². The molecule has 4 fully saturated rings. The number of nitrogens with zero attached hydrogens (tertiary/aromatic N) is 1. The summed E-state index contributed by atoms with van der Waals surface area (Å²) >= 11 is 0. The number of aliphatic hydroxyl groups excluding tert-OH is 10. The van der Waals surface area contributed by atoms with Gasteiger partial charge in [-0.05, 0) is 141 Å². The maximum Gasteiger partial charge on any atom is 0.407 e. The van der Waals surface area contributed by atoms with Crippen LogP contribution >= 0.6 is 21.6 Å². The van der Waals surface area contributed by atoms with Crippen LogP contribution in [-0.2, 0) is 95.2 Å². The Morgan fingerprint density at radius 1 is 0.403 bits per heavy atom. The Hall–Kier alpha value is -4.43. The van der Waals surface area contributed by atoms with Gasteiger partial charge in [-0.1, -0.05) is 100 Å². The summed E-state index contributed by atoms with van der Waals surface area (Å²) in [4.78, 5) is 119. The van der Waals surface area contributed by atoms with Crippen molar-refractivity contribution in [2.45, 2.75) is 376 Å². The molecular weight excluding hydrogens is 1720 g/mol. The summed E-state index contributed by atoms with van der Waals surface area (Å²) in [5.41, 5.74) is -0.680. The number of esters is 2. The number of alkyl carbamates (subject to hydrolysis) is 1. The number of Topliss-reactive ketones (excluding diaryl/α,β-unsaturated/α-hetero) is 3. The van der Waals surface area contributed by atoms with Crippen molar-refractivity contribution < 1.29 is 151 Å². The largest absolute Gasteiger partial charge is 0.466 e. The third kappa shape index (κ3) is 50.3. The number of hydrogen-bond donors (Lipinski definition) is 13. The minimum absolute atomic E-state index is 0.0199. The zero-order valence-corrected chi connectivity index (χ0v) is 79.8. The topological polar surface area (TPSA) is 506 Å². The van der Waals surface area contributed by atoms with Crippen LogP contribution < -0.4 is 16.0 Å². The van der Waals surface area contributed by atoms with E-state index < -0.39 is 129 Å². The van der Waals surface area contributed by atoms with Crippen LogP contribution in [-0.4, -0.2) is 331 Å². The Balaban J connectivity index is 1.25. The van der Waals surface area contributed by atoms with Crippen LogP contribution in [0.5, 0.6) is 0 Å². The van der Waals surface area contributed by atoms with Gasteiger partial charge < -0.3 is 129 Å². The minimum Gasteiger partial charge on any atom is -0.466 e. The van der Waals surface area contributed by atoms with E-state index in [1.165, 1.54) is 0 Å². The van der Waals surface area contributed by atoms with Crippen molar-refractivity contribution in [1.29, 1.82) is 0 Å². The average molecular weight is 1890 g/mol. The molecule has 4 saturated heterocycles. The van der Waals surface area contributed by atoms with Crippen LogP contribution in [0.25, 0.3) is 0 Å². The van der Waals surface area contributed by atoms with Gasteiger partial charge in [0, 0.05) is 132 Å². The lowest BCUT2D eigenvalue weighted by Gasteiger charge is -2.40. The van der Waals surface area contributed by atoms with E-state index in [4.69, 9.17) is 56.8 Å². The first-order valence-corrected chi connectivity index (χ1v) is 50.2. The van der Waals surface area contributed by atoms with E-state index in [1.807, 2.05) is 0 Å². The fourth-order valence-corrected chi connectivity index (χ4v) is 18.7. The third-order valence-corrected chi connectivity index (χ3v) is 27.6. The lowest BCUT2D eigenvalue weighted by Crippen LogP contribution is -2.55. The highest BCUT2D eigenvalue weighted by atomic mass is 33.1. The number of carbonyl (C=O) groups excluding carboxylic acids is 9. The number of rotatable bonds is 77. The van der Waals surface area contributed by atoms with E-state index in [1.54, 1.807) is 54.4 Å². The van der Waals surface area contributed by atoms with Crippen molar-refractivity contribution >= 4 is 74.7 Å². The van der Waals surface area contributed by atoms with Crippen molar-refractivity contribution in [3.05, 3.63) is 0 Å². The standard InChI is InChI=1S/C92H164N4O31S2/c1-65-81(109)84(112)73(61-97)125-87(65)121-47-24-32-69(100)30-16-10-7-15-23-46-95-90(115)124-52-29-42-92(40-27-50-119-79(107)36-17-11-8-13-21-44-93-76(104)33-25-48-122-88-66(2)82(110)85(113)74(62-98)126-88,41-28-51-120-80(108)37-18-12-9-14-22-45-94-77(105)34-26-49-123-89-67(3)83(111)86(114)75(63-99)127-89)59-71(102)39-53-117-54-55-118-56-57-128-129-91(4,5)43-38-70(101)31-19-20-35-78(106)96-60-72(103)58-68(96)64-116-6/h65-68,72-75,81-89,97-99,103,109-114H,7-64H2,1-6H3,(H,93,104)(H,94,105)(H,95,115)/t65?,66?,67?,68-,72+,73?,74?,75?,81?,82?,83?,84?,85?,86?,87?,88?,89?,92?/m1/s1. The Morgan fingerprint density at radius 3 is 1.26 bits per heavy atom. The molecular formula is C92H164N4O31S2. The number of aliphatic hydroxyl groups is 10. The van der Waals surface area contributed by atoms with E-state index >= 15 is 0 Å². The highest BCUT2D eigenvalue weighted by Gasteiger charge is 2.46. The number of unbranched alkanes of at least 4 members (excludes halogenated alkanes) is 13. The molecule has 15 unspecified atom stereocenters. The molecule has 0 aromatic rings. The molecule has 35 nitrogen and oxygen atoms in total. The highest BCUT2D eigenvalue weighted by Crippen LogP contribution is 2.41. The number of likely N-dealkylation sites (tertiary alicyclic amines) is 1. The Bertz CT molecular complexity index is 2840. The second-order valence-corrected chi connectivity index (χ2v) is 39.0. The quantitative estimate of drug-likeness (QED) is 0.0120. The summed E-state index contributed by atoms with van der Waals surface area (Å²) in [6.45, 7) is 12.0. The van der Waals surface area contributed by atoms with Crippen LogP contribution in [0.4, 0.5) is 4.79 Å². The zero-order chi connectivity index (χ0) is 94.6. The predicted octanol–water partition coefficient (Wildman–Crippen LogP) is 7.63. The molecule has 4 aliphatic heterocycles. The van der Waals surface area contributed by atoms with E-state index in [0.29, 0.717) is 187 Å². The summed E-state index contributed by atoms with van der Waals surface area (Å²) < 4.78 is 68.1. The summed E-state index contributed by atoms with van der Waals surface area (Å²) in [6.07, 6.45) is 7.47. The Morgan fingerprint density at radius 2 is 0.798 bits per heavy atom. The summed E-state index contributed by atoms with van der Waals surface area (Å²) in [7, 11) is 4.95. The third-order valence-electron chi connectivity index (χ3n) is 24.3. The lowest BCUT2D eigenvalue weighted by molar-refractivity contribution is -0.282. The van der Waals surface area contributed by atoms with Gasteiger partial charge in [0.15, 0.2) is 18.9 Å². The number of β-amino-alcohol motifs (C(OH)–C–C–N with tert-alkyl or cyclic N) is 1. The molecule has 0 aromatic heterocycles. The van der Waals surface area contributed by atoms with Gasteiger partial charge in [0.1, 0.15) is 54.0 Å². The first-order valence-electron chi connectivity index (χ1n) is 47.9. The van der Waals surface area contributed by atoms with Gasteiger partial charge in [0.2, 0.25) is 17.7 Å². The van der Waals surface area contributed by atoms with Crippen LogP contribution in [0.15, 0.2) is 0 Å². The summed E-state index contributed by atoms with van der Waals surface area (Å²) in [5.74, 6) is -1.62. The number of methoxy groups -OCH3 is 1. The minimum atomic E-state index is -1.23. The second kappa shape index (κ2) is 69.4. The smallest absolute Gasteiger partial charge is 0.407 e. The normalized spacial score (nSPS) is 24.7. The summed E-state index contributed by atoms with van der Waals surface area (Å²) in [6, 6.07) is -0.126. The molecule has 0 bridgehead atoms. The molecule has 0 aliphatic carbocycles. The van der Waals surface area contributed by atoms with Crippen molar-refractivity contribution in [3.63, 3.8) is 0 Å². The summed E-state index contributed by atoms with van der Waals surface area (Å²) in [5, 5.41) is 108. The van der Waals surface area contributed by atoms with Crippen LogP contribution in [0.1, 0.15) is 285 Å². The van der Waals surface area contributed by atoms with Gasteiger partial charge in [-0.3, -0.25) is 38.4 Å². The van der Waals surface area contributed by atoms with Gasteiger partial charge in [-0.25, -0.2) is 4.79 Å².